The normalized spacial score (nSPS) is 12.0. The molecule has 0 aliphatic carbocycles. The van der Waals surface area contributed by atoms with E-state index in [0.717, 1.165) is 5.56 Å². The Labute approximate surface area is 158 Å². The van der Waals surface area contributed by atoms with Gasteiger partial charge in [0.1, 0.15) is 5.75 Å². The standard InChI is InChI=1S/C17H21ClN4O3S/c1-12-3-6-14(7-4-12)26(23,24)21-10-9-20-17(19)22-13-5-8-16(25-2)15(18)11-13/h3-8,11,21H,9-10H2,1-2H3,(H3,19,20,22). The van der Waals surface area contributed by atoms with Crippen LogP contribution in [-0.4, -0.2) is 34.6 Å². The number of nitrogens with two attached hydrogens (primary N) is 1. The number of sulfonamides is 1. The van der Waals surface area contributed by atoms with E-state index in [-0.39, 0.29) is 23.9 Å². The minimum atomic E-state index is -3.56. The predicted octanol–water partition coefficient (Wildman–Crippen LogP) is 2.36. The van der Waals surface area contributed by atoms with Gasteiger partial charge in [-0.15, -0.1) is 0 Å². The summed E-state index contributed by atoms with van der Waals surface area (Å²) in [5.41, 5.74) is 7.43. The van der Waals surface area contributed by atoms with Crippen molar-refractivity contribution in [3.8, 4) is 5.75 Å². The van der Waals surface area contributed by atoms with Gasteiger partial charge in [0.2, 0.25) is 10.0 Å². The summed E-state index contributed by atoms with van der Waals surface area (Å²) < 4.78 is 31.8. The van der Waals surface area contributed by atoms with Crippen molar-refractivity contribution in [2.45, 2.75) is 11.8 Å². The Morgan fingerprint density at radius 3 is 2.54 bits per heavy atom. The van der Waals surface area contributed by atoms with E-state index in [0.29, 0.717) is 16.5 Å². The fourth-order valence-corrected chi connectivity index (χ4v) is 3.37. The second kappa shape index (κ2) is 8.88. The molecule has 0 bridgehead atoms. The SMILES string of the molecule is COc1ccc(NC(N)=NCCNS(=O)(=O)c2ccc(C)cc2)cc1Cl. The molecule has 0 saturated heterocycles. The molecule has 0 aromatic heterocycles. The lowest BCUT2D eigenvalue weighted by molar-refractivity contribution is 0.415. The van der Waals surface area contributed by atoms with Gasteiger partial charge in [-0.05, 0) is 37.3 Å². The van der Waals surface area contributed by atoms with Gasteiger partial charge in [-0.1, -0.05) is 29.3 Å². The monoisotopic (exact) mass is 396 g/mol. The van der Waals surface area contributed by atoms with Gasteiger partial charge < -0.3 is 15.8 Å². The molecule has 0 heterocycles. The second-order valence-corrected chi connectivity index (χ2v) is 7.63. The minimum absolute atomic E-state index is 0.127. The van der Waals surface area contributed by atoms with Gasteiger partial charge in [-0.25, -0.2) is 13.1 Å². The van der Waals surface area contributed by atoms with Gasteiger partial charge in [0, 0.05) is 12.2 Å². The molecule has 4 N–H and O–H groups in total. The molecular formula is C17H21ClN4O3S. The first-order chi connectivity index (χ1) is 12.3. The second-order valence-electron chi connectivity index (χ2n) is 5.45. The molecule has 0 amide bonds. The summed E-state index contributed by atoms with van der Waals surface area (Å²) in [6.45, 7) is 2.21. The summed E-state index contributed by atoms with van der Waals surface area (Å²) in [5.74, 6) is 0.707. The Morgan fingerprint density at radius 2 is 1.92 bits per heavy atom. The van der Waals surface area contributed by atoms with Crippen LogP contribution in [0.2, 0.25) is 5.02 Å². The van der Waals surface area contributed by atoms with Crippen molar-refractivity contribution >= 4 is 33.3 Å². The fourth-order valence-electron chi connectivity index (χ4n) is 2.09. The number of hydrogen-bond donors (Lipinski definition) is 3. The number of benzene rings is 2. The smallest absolute Gasteiger partial charge is 0.240 e. The summed E-state index contributed by atoms with van der Waals surface area (Å²) in [6, 6.07) is 11.7. The first kappa shape index (κ1) is 20.0. The molecule has 0 aliphatic heterocycles. The van der Waals surface area contributed by atoms with E-state index in [1.165, 1.54) is 7.11 Å². The molecule has 7 nitrogen and oxygen atoms in total. The maximum absolute atomic E-state index is 12.1. The van der Waals surface area contributed by atoms with E-state index in [9.17, 15) is 8.42 Å². The van der Waals surface area contributed by atoms with E-state index in [1.54, 1.807) is 42.5 Å². The van der Waals surface area contributed by atoms with E-state index in [1.807, 2.05) is 6.92 Å². The molecule has 2 aromatic rings. The fraction of sp³-hybridized carbons (Fsp3) is 0.235. The summed E-state index contributed by atoms with van der Waals surface area (Å²) >= 11 is 6.04. The third kappa shape index (κ3) is 5.62. The van der Waals surface area contributed by atoms with Gasteiger partial charge in [-0.3, -0.25) is 4.99 Å². The lowest BCUT2D eigenvalue weighted by Crippen LogP contribution is -2.28. The summed E-state index contributed by atoms with van der Waals surface area (Å²) in [7, 11) is -2.03. The van der Waals surface area contributed by atoms with Gasteiger partial charge >= 0.3 is 0 Å². The number of methoxy groups -OCH3 is 1. The summed E-state index contributed by atoms with van der Waals surface area (Å²) in [5, 5.41) is 3.32. The van der Waals surface area contributed by atoms with Crippen molar-refractivity contribution in [3.05, 3.63) is 53.1 Å². The lowest BCUT2D eigenvalue weighted by atomic mass is 10.2. The average molecular weight is 397 g/mol. The molecule has 2 aromatic carbocycles. The summed E-state index contributed by atoms with van der Waals surface area (Å²) in [6.07, 6.45) is 0. The first-order valence-corrected chi connectivity index (χ1v) is 9.65. The van der Waals surface area contributed by atoms with Crippen LogP contribution in [-0.2, 0) is 10.0 Å². The van der Waals surface area contributed by atoms with Crippen molar-refractivity contribution < 1.29 is 13.2 Å². The van der Waals surface area contributed by atoms with Crippen molar-refractivity contribution in [1.29, 1.82) is 0 Å². The number of anilines is 1. The minimum Gasteiger partial charge on any atom is -0.495 e. The number of guanidine groups is 1. The number of nitrogens with one attached hydrogen (secondary N) is 2. The van der Waals surface area contributed by atoms with Crippen molar-refractivity contribution in [2.75, 3.05) is 25.5 Å². The Kier molecular flexibility index (Phi) is 6.84. The van der Waals surface area contributed by atoms with E-state index in [4.69, 9.17) is 22.1 Å². The van der Waals surface area contributed by atoms with Crippen LogP contribution in [0.25, 0.3) is 0 Å². The topological polar surface area (TPSA) is 106 Å². The van der Waals surface area contributed by atoms with Crippen molar-refractivity contribution in [2.24, 2.45) is 10.7 Å². The molecule has 9 heteroatoms. The van der Waals surface area contributed by atoms with Gasteiger partial charge in [-0.2, -0.15) is 0 Å². The van der Waals surface area contributed by atoms with Crippen LogP contribution in [0.5, 0.6) is 5.75 Å². The third-order valence-electron chi connectivity index (χ3n) is 3.44. The number of ether oxygens (including phenoxy) is 1. The van der Waals surface area contributed by atoms with Crippen LogP contribution >= 0.6 is 11.6 Å². The highest BCUT2D eigenvalue weighted by molar-refractivity contribution is 7.89. The number of aryl methyl sites for hydroxylation is 1. The molecular weight excluding hydrogens is 376 g/mol. The molecule has 0 aliphatic rings. The van der Waals surface area contributed by atoms with E-state index < -0.39 is 10.0 Å². The molecule has 0 unspecified atom stereocenters. The largest absolute Gasteiger partial charge is 0.495 e. The number of rotatable bonds is 7. The zero-order chi connectivity index (χ0) is 19.2. The van der Waals surface area contributed by atoms with Crippen LogP contribution in [0, 0.1) is 6.92 Å². The van der Waals surface area contributed by atoms with Gasteiger partial charge in [0.05, 0.1) is 23.6 Å². The highest BCUT2D eigenvalue weighted by atomic mass is 35.5. The molecule has 26 heavy (non-hydrogen) atoms. The Hall–Kier alpha value is -2.29. The van der Waals surface area contributed by atoms with Crippen LogP contribution in [0.15, 0.2) is 52.4 Å². The van der Waals surface area contributed by atoms with Crippen LogP contribution < -0.4 is 20.5 Å². The lowest BCUT2D eigenvalue weighted by Gasteiger charge is -2.09. The molecule has 0 fully saturated rings. The maximum Gasteiger partial charge on any atom is 0.240 e. The zero-order valence-electron chi connectivity index (χ0n) is 14.5. The quantitative estimate of drug-likeness (QED) is 0.378. The Bertz CT molecular complexity index is 883. The number of halogens is 1. The van der Waals surface area contributed by atoms with Gasteiger partial charge in [0.15, 0.2) is 5.96 Å². The van der Waals surface area contributed by atoms with E-state index >= 15 is 0 Å². The molecule has 0 radical (unpaired) electrons. The number of hydrogen-bond acceptors (Lipinski definition) is 4. The van der Waals surface area contributed by atoms with Crippen LogP contribution in [0.1, 0.15) is 5.56 Å². The predicted molar refractivity (Wildman–Crippen MR) is 104 cm³/mol. The maximum atomic E-state index is 12.1. The summed E-state index contributed by atoms with van der Waals surface area (Å²) in [4.78, 5) is 4.30. The molecule has 0 saturated carbocycles. The highest BCUT2D eigenvalue weighted by Gasteiger charge is 2.12. The Morgan fingerprint density at radius 1 is 1.23 bits per heavy atom. The number of nitrogens with zero attached hydrogens (tertiary/aromatic N) is 1. The van der Waals surface area contributed by atoms with E-state index in [2.05, 4.69) is 15.0 Å². The highest BCUT2D eigenvalue weighted by Crippen LogP contribution is 2.26. The molecule has 2 rings (SSSR count). The van der Waals surface area contributed by atoms with Gasteiger partial charge in [0.25, 0.3) is 0 Å². The zero-order valence-corrected chi connectivity index (χ0v) is 16.1. The molecule has 0 atom stereocenters. The number of aliphatic imine (C=N–C) groups is 1. The first-order valence-electron chi connectivity index (χ1n) is 7.78. The third-order valence-corrected chi connectivity index (χ3v) is 5.21. The van der Waals surface area contributed by atoms with Crippen LogP contribution in [0.4, 0.5) is 5.69 Å². The van der Waals surface area contributed by atoms with Crippen LogP contribution in [0.3, 0.4) is 0 Å². The molecule has 0 spiro atoms. The van der Waals surface area contributed by atoms with Crippen molar-refractivity contribution in [1.82, 2.24) is 4.72 Å². The average Bonchev–Trinajstić information content (AvgIpc) is 2.59. The van der Waals surface area contributed by atoms with Crippen molar-refractivity contribution in [3.63, 3.8) is 0 Å². The molecule has 140 valence electrons. The Balaban J connectivity index is 1.87.